The summed E-state index contributed by atoms with van der Waals surface area (Å²) >= 11 is 4.60. The normalized spacial score (nSPS) is 12.6. The lowest BCUT2D eigenvalue weighted by atomic mass is 10.0. The van der Waals surface area contributed by atoms with E-state index in [4.69, 9.17) is 5.84 Å². The molecule has 6 heteroatoms. The standard InChI is InChI=1S/C10H11BrN4S/c11-8-3-1-7(2-4-8)5-9(14-12)10-6-13-16-15-10/h1-4,6,9,14H,5,12H2. The maximum absolute atomic E-state index is 5.52. The van der Waals surface area contributed by atoms with Crippen LogP contribution in [0.5, 0.6) is 0 Å². The first-order valence-corrected chi connectivity index (χ1v) is 6.30. The van der Waals surface area contributed by atoms with E-state index in [9.17, 15) is 0 Å². The van der Waals surface area contributed by atoms with Crippen molar-refractivity contribution in [1.29, 1.82) is 0 Å². The molecule has 1 atom stereocenters. The number of nitrogens with two attached hydrogens (primary N) is 1. The Balaban J connectivity index is 2.10. The Labute approximate surface area is 106 Å². The van der Waals surface area contributed by atoms with Gasteiger partial charge in [0.1, 0.15) is 0 Å². The van der Waals surface area contributed by atoms with E-state index in [1.165, 1.54) is 17.3 Å². The highest BCUT2D eigenvalue weighted by atomic mass is 79.9. The highest BCUT2D eigenvalue weighted by Gasteiger charge is 2.12. The van der Waals surface area contributed by atoms with E-state index in [1.54, 1.807) is 6.20 Å². The quantitative estimate of drug-likeness (QED) is 0.670. The maximum Gasteiger partial charge on any atom is 0.0929 e. The van der Waals surface area contributed by atoms with E-state index in [-0.39, 0.29) is 6.04 Å². The Morgan fingerprint density at radius 3 is 2.69 bits per heavy atom. The Bertz CT molecular complexity index is 429. The van der Waals surface area contributed by atoms with E-state index in [1.807, 2.05) is 12.1 Å². The molecule has 0 bridgehead atoms. The van der Waals surface area contributed by atoms with Crippen molar-refractivity contribution in [1.82, 2.24) is 14.2 Å². The van der Waals surface area contributed by atoms with Crippen LogP contribution in [0.3, 0.4) is 0 Å². The molecule has 0 aliphatic rings. The van der Waals surface area contributed by atoms with Crippen molar-refractivity contribution >= 4 is 27.7 Å². The van der Waals surface area contributed by atoms with Crippen molar-refractivity contribution in [2.75, 3.05) is 0 Å². The van der Waals surface area contributed by atoms with Crippen molar-refractivity contribution in [2.45, 2.75) is 12.5 Å². The number of nitrogens with zero attached hydrogens (tertiary/aromatic N) is 2. The molecule has 4 nitrogen and oxygen atoms in total. The summed E-state index contributed by atoms with van der Waals surface area (Å²) in [4.78, 5) is 0. The fraction of sp³-hybridized carbons (Fsp3) is 0.200. The predicted octanol–water partition coefficient (Wildman–Crippen LogP) is 2.05. The second-order valence-corrected chi connectivity index (χ2v) is 4.85. The van der Waals surface area contributed by atoms with Crippen molar-refractivity contribution in [3.8, 4) is 0 Å². The Kier molecular flexibility index (Phi) is 4.00. The molecule has 0 aliphatic heterocycles. The van der Waals surface area contributed by atoms with Crippen LogP contribution in [0.2, 0.25) is 0 Å². The molecule has 0 fully saturated rings. The fourth-order valence-electron chi connectivity index (χ4n) is 1.43. The van der Waals surface area contributed by atoms with Gasteiger partial charge in [-0.2, -0.15) is 8.75 Å². The zero-order valence-electron chi connectivity index (χ0n) is 8.43. The van der Waals surface area contributed by atoms with Gasteiger partial charge in [-0.25, -0.2) is 0 Å². The van der Waals surface area contributed by atoms with Crippen LogP contribution in [0, 0.1) is 0 Å². The van der Waals surface area contributed by atoms with Crippen molar-refractivity contribution < 1.29 is 0 Å². The summed E-state index contributed by atoms with van der Waals surface area (Å²) < 4.78 is 9.23. The van der Waals surface area contributed by atoms with Crippen LogP contribution in [0.4, 0.5) is 0 Å². The molecule has 0 spiro atoms. The van der Waals surface area contributed by atoms with Crippen molar-refractivity contribution in [3.05, 3.63) is 46.2 Å². The van der Waals surface area contributed by atoms with Gasteiger partial charge in [0.25, 0.3) is 0 Å². The second-order valence-electron chi connectivity index (χ2n) is 3.38. The lowest BCUT2D eigenvalue weighted by Gasteiger charge is -2.12. The zero-order chi connectivity index (χ0) is 11.4. The molecule has 0 aliphatic carbocycles. The van der Waals surface area contributed by atoms with Crippen molar-refractivity contribution in [2.24, 2.45) is 5.84 Å². The molecule has 3 N–H and O–H groups in total. The Morgan fingerprint density at radius 1 is 1.38 bits per heavy atom. The maximum atomic E-state index is 5.52. The first-order valence-electron chi connectivity index (χ1n) is 4.77. The van der Waals surface area contributed by atoms with Gasteiger partial charge in [0.15, 0.2) is 0 Å². The highest BCUT2D eigenvalue weighted by molar-refractivity contribution is 9.10. The van der Waals surface area contributed by atoms with Crippen LogP contribution >= 0.6 is 27.7 Å². The zero-order valence-corrected chi connectivity index (χ0v) is 10.8. The molecule has 2 aromatic rings. The average Bonchev–Trinajstić information content (AvgIpc) is 2.82. The van der Waals surface area contributed by atoms with Gasteiger partial charge >= 0.3 is 0 Å². The number of benzene rings is 1. The van der Waals surface area contributed by atoms with E-state index < -0.39 is 0 Å². The van der Waals surface area contributed by atoms with Gasteiger partial charge < -0.3 is 0 Å². The van der Waals surface area contributed by atoms with Crippen LogP contribution in [0.1, 0.15) is 17.3 Å². The van der Waals surface area contributed by atoms with Gasteiger partial charge in [-0.3, -0.25) is 11.3 Å². The molecule has 1 aromatic carbocycles. The number of halogens is 1. The van der Waals surface area contributed by atoms with Crippen LogP contribution < -0.4 is 11.3 Å². The largest absolute Gasteiger partial charge is 0.271 e. The fourth-order valence-corrected chi connectivity index (χ4v) is 2.17. The molecule has 0 saturated carbocycles. The summed E-state index contributed by atoms with van der Waals surface area (Å²) in [6, 6.07) is 8.17. The summed E-state index contributed by atoms with van der Waals surface area (Å²) in [5.74, 6) is 5.52. The predicted molar refractivity (Wildman–Crippen MR) is 67.8 cm³/mol. The number of hydrogen-bond donors (Lipinski definition) is 2. The number of rotatable bonds is 4. The number of aromatic nitrogens is 2. The van der Waals surface area contributed by atoms with E-state index >= 15 is 0 Å². The Hall–Kier alpha value is -0.820. The first kappa shape index (κ1) is 11.7. The second kappa shape index (κ2) is 5.49. The monoisotopic (exact) mass is 298 g/mol. The molecule has 1 heterocycles. The van der Waals surface area contributed by atoms with Gasteiger partial charge in [0.2, 0.25) is 0 Å². The van der Waals surface area contributed by atoms with Crippen molar-refractivity contribution in [3.63, 3.8) is 0 Å². The molecule has 84 valence electrons. The van der Waals surface area contributed by atoms with Crippen LogP contribution in [0.25, 0.3) is 0 Å². The minimum atomic E-state index is 0.0138. The number of hydrazine groups is 1. The third-order valence-corrected chi connectivity index (χ3v) is 3.31. The summed E-state index contributed by atoms with van der Waals surface area (Å²) in [5.41, 5.74) is 4.85. The SMILES string of the molecule is NNC(Cc1ccc(Br)cc1)c1cnsn1. The lowest BCUT2D eigenvalue weighted by molar-refractivity contribution is 0.542. The van der Waals surface area contributed by atoms with E-state index in [0.29, 0.717) is 0 Å². The summed E-state index contributed by atoms with van der Waals surface area (Å²) in [6.07, 6.45) is 2.54. The molecule has 0 saturated heterocycles. The molecular formula is C10H11BrN4S. The van der Waals surface area contributed by atoms with Gasteiger partial charge in [0, 0.05) is 4.47 Å². The smallest absolute Gasteiger partial charge is 0.0929 e. The van der Waals surface area contributed by atoms with Gasteiger partial charge in [-0.05, 0) is 24.1 Å². The minimum Gasteiger partial charge on any atom is -0.271 e. The molecule has 0 radical (unpaired) electrons. The topological polar surface area (TPSA) is 63.8 Å². The van der Waals surface area contributed by atoms with Gasteiger partial charge in [-0.1, -0.05) is 28.1 Å². The first-order chi connectivity index (χ1) is 7.79. The third kappa shape index (κ3) is 2.85. The van der Waals surface area contributed by atoms with Crippen LogP contribution in [0.15, 0.2) is 34.9 Å². The Morgan fingerprint density at radius 2 is 2.12 bits per heavy atom. The molecular weight excluding hydrogens is 288 g/mol. The third-order valence-electron chi connectivity index (χ3n) is 2.29. The molecule has 0 amide bonds. The highest BCUT2D eigenvalue weighted by Crippen LogP contribution is 2.18. The number of hydrogen-bond acceptors (Lipinski definition) is 5. The van der Waals surface area contributed by atoms with Crippen LogP contribution in [-0.2, 0) is 6.42 Å². The van der Waals surface area contributed by atoms with Gasteiger partial charge in [0.05, 0.1) is 29.7 Å². The lowest BCUT2D eigenvalue weighted by Crippen LogP contribution is -2.29. The van der Waals surface area contributed by atoms with Gasteiger partial charge in [-0.15, -0.1) is 0 Å². The summed E-state index contributed by atoms with van der Waals surface area (Å²) in [7, 11) is 0. The average molecular weight is 299 g/mol. The van der Waals surface area contributed by atoms with E-state index in [2.05, 4.69) is 42.2 Å². The van der Waals surface area contributed by atoms with E-state index in [0.717, 1.165) is 16.6 Å². The molecule has 2 rings (SSSR count). The summed E-state index contributed by atoms with van der Waals surface area (Å²) in [6.45, 7) is 0. The molecule has 1 unspecified atom stereocenters. The van der Waals surface area contributed by atoms with Crippen LogP contribution in [-0.4, -0.2) is 8.75 Å². The minimum absolute atomic E-state index is 0.0138. The molecule has 16 heavy (non-hydrogen) atoms. The molecule has 1 aromatic heterocycles. The number of nitrogens with one attached hydrogen (secondary N) is 1. The summed E-state index contributed by atoms with van der Waals surface area (Å²) in [5, 5.41) is 0.